The molecule has 30 heavy (non-hydrogen) atoms. The van der Waals surface area contributed by atoms with Gasteiger partial charge in [-0.05, 0) is 47.8 Å². The molecule has 2 heterocycles. The molecular formula is C22H16ClN3O3S. The fourth-order valence-electron chi connectivity index (χ4n) is 3.13. The van der Waals surface area contributed by atoms with Crippen LogP contribution in [-0.4, -0.2) is 17.7 Å². The van der Waals surface area contributed by atoms with Crippen LogP contribution in [0.5, 0.6) is 0 Å². The Morgan fingerprint density at radius 3 is 2.27 bits per heavy atom. The van der Waals surface area contributed by atoms with Gasteiger partial charge in [0.25, 0.3) is 11.8 Å². The number of thiophene rings is 1. The van der Waals surface area contributed by atoms with Crippen molar-refractivity contribution in [3.8, 4) is 0 Å². The molecule has 1 aliphatic heterocycles. The predicted molar refractivity (Wildman–Crippen MR) is 120 cm³/mol. The van der Waals surface area contributed by atoms with Crippen molar-refractivity contribution in [1.29, 1.82) is 0 Å². The van der Waals surface area contributed by atoms with Crippen molar-refractivity contribution >= 4 is 63.3 Å². The summed E-state index contributed by atoms with van der Waals surface area (Å²) in [6.07, 6.45) is 0. The van der Waals surface area contributed by atoms with Crippen LogP contribution in [0.15, 0.2) is 71.7 Å². The van der Waals surface area contributed by atoms with E-state index in [0.29, 0.717) is 32.5 Å². The molecule has 3 amide bonds. The summed E-state index contributed by atoms with van der Waals surface area (Å²) in [6.45, 7) is 1.43. The molecule has 0 saturated heterocycles. The fraction of sp³-hybridized carbons (Fsp3) is 0.0455. The molecule has 2 aromatic carbocycles. The van der Waals surface area contributed by atoms with Crippen LogP contribution in [0.1, 0.15) is 11.8 Å². The topological polar surface area (TPSA) is 78.5 Å². The SMILES string of the molecule is CC(=O)Nc1ccc(NC2=C(c3cccs3)C(=O)N(c3ccccc3Cl)C2=O)cc1. The van der Waals surface area contributed by atoms with Gasteiger partial charge in [0.2, 0.25) is 5.91 Å². The number of imide groups is 1. The third-order valence-corrected chi connectivity index (χ3v) is 5.63. The standard InChI is InChI=1S/C22H16ClN3O3S/c1-13(27)24-14-8-10-15(11-9-14)25-20-19(18-7-4-12-30-18)21(28)26(22(20)29)17-6-3-2-5-16(17)23/h2-12,25H,1H3,(H,24,27). The van der Waals surface area contributed by atoms with Gasteiger partial charge in [-0.25, -0.2) is 4.90 Å². The monoisotopic (exact) mass is 437 g/mol. The molecule has 0 aliphatic carbocycles. The normalized spacial score (nSPS) is 13.7. The molecule has 0 atom stereocenters. The Morgan fingerprint density at radius 1 is 0.933 bits per heavy atom. The summed E-state index contributed by atoms with van der Waals surface area (Å²) in [5.41, 5.74) is 2.04. The van der Waals surface area contributed by atoms with Gasteiger partial charge in [0.15, 0.2) is 0 Å². The third kappa shape index (κ3) is 3.72. The second kappa shape index (κ2) is 8.14. The molecule has 2 N–H and O–H groups in total. The van der Waals surface area contributed by atoms with E-state index in [-0.39, 0.29) is 11.6 Å². The van der Waals surface area contributed by atoms with Crippen LogP contribution in [0.2, 0.25) is 5.02 Å². The average molecular weight is 438 g/mol. The van der Waals surface area contributed by atoms with Crippen LogP contribution in [0.25, 0.3) is 5.57 Å². The fourth-order valence-corrected chi connectivity index (χ4v) is 4.12. The van der Waals surface area contributed by atoms with Gasteiger partial charge < -0.3 is 10.6 Å². The van der Waals surface area contributed by atoms with Crippen LogP contribution in [0, 0.1) is 0 Å². The van der Waals surface area contributed by atoms with Crippen molar-refractivity contribution in [3.63, 3.8) is 0 Å². The summed E-state index contributed by atoms with van der Waals surface area (Å²) >= 11 is 7.63. The first-order valence-electron chi connectivity index (χ1n) is 9.02. The Bertz CT molecular complexity index is 1170. The molecule has 1 aromatic heterocycles. The van der Waals surface area contributed by atoms with Crippen LogP contribution >= 0.6 is 22.9 Å². The molecule has 150 valence electrons. The lowest BCUT2D eigenvalue weighted by Crippen LogP contribution is -2.32. The number of halogens is 1. The predicted octanol–water partition coefficient (Wildman–Crippen LogP) is 4.76. The highest BCUT2D eigenvalue weighted by Gasteiger charge is 2.41. The Hall–Kier alpha value is -3.42. The number of para-hydroxylation sites is 1. The summed E-state index contributed by atoms with van der Waals surface area (Å²) in [6, 6.07) is 17.2. The maximum atomic E-state index is 13.3. The van der Waals surface area contributed by atoms with Crippen molar-refractivity contribution in [2.45, 2.75) is 6.92 Å². The van der Waals surface area contributed by atoms with Gasteiger partial charge >= 0.3 is 0 Å². The molecule has 3 aromatic rings. The largest absolute Gasteiger partial charge is 0.350 e. The zero-order valence-corrected chi connectivity index (χ0v) is 17.4. The first-order valence-corrected chi connectivity index (χ1v) is 10.3. The number of nitrogens with zero attached hydrogens (tertiary/aromatic N) is 1. The van der Waals surface area contributed by atoms with E-state index in [2.05, 4.69) is 10.6 Å². The number of nitrogens with one attached hydrogen (secondary N) is 2. The van der Waals surface area contributed by atoms with E-state index in [1.165, 1.54) is 18.3 Å². The highest BCUT2D eigenvalue weighted by atomic mass is 35.5. The number of anilines is 3. The molecule has 0 bridgehead atoms. The Balaban J connectivity index is 1.73. The molecule has 0 spiro atoms. The molecule has 6 nitrogen and oxygen atoms in total. The lowest BCUT2D eigenvalue weighted by molar-refractivity contribution is -0.120. The summed E-state index contributed by atoms with van der Waals surface area (Å²) in [7, 11) is 0. The summed E-state index contributed by atoms with van der Waals surface area (Å²) in [5, 5.41) is 7.92. The summed E-state index contributed by atoms with van der Waals surface area (Å²) < 4.78 is 0. The Morgan fingerprint density at radius 2 is 1.63 bits per heavy atom. The number of hydrogen-bond acceptors (Lipinski definition) is 5. The van der Waals surface area contributed by atoms with E-state index in [1.54, 1.807) is 54.6 Å². The summed E-state index contributed by atoms with van der Waals surface area (Å²) in [5.74, 6) is -1.10. The molecule has 0 unspecified atom stereocenters. The number of carbonyl (C=O) groups is 3. The zero-order valence-electron chi connectivity index (χ0n) is 15.8. The third-order valence-electron chi connectivity index (χ3n) is 4.42. The van der Waals surface area contributed by atoms with Crippen LogP contribution in [0.4, 0.5) is 17.1 Å². The smallest absolute Gasteiger partial charge is 0.282 e. The van der Waals surface area contributed by atoms with Gasteiger partial charge in [0.05, 0.1) is 16.3 Å². The highest BCUT2D eigenvalue weighted by Crippen LogP contribution is 2.37. The van der Waals surface area contributed by atoms with Gasteiger partial charge in [-0.3, -0.25) is 14.4 Å². The minimum absolute atomic E-state index is 0.176. The number of hydrogen-bond donors (Lipinski definition) is 2. The zero-order chi connectivity index (χ0) is 21.3. The van der Waals surface area contributed by atoms with E-state index in [1.807, 2.05) is 11.4 Å². The molecule has 0 radical (unpaired) electrons. The van der Waals surface area contributed by atoms with E-state index in [9.17, 15) is 14.4 Å². The van der Waals surface area contributed by atoms with E-state index < -0.39 is 11.8 Å². The van der Waals surface area contributed by atoms with Crippen molar-refractivity contribution < 1.29 is 14.4 Å². The van der Waals surface area contributed by atoms with Crippen molar-refractivity contribution in [2.24, 2.45) is 0 Å². The second-order valence-electron chi connectivity index (χ2n) is 6.51. The molecule has 8 heteroatoms. The number of carbonyl (C=O) groups excluding carboxylic acids is 3. The van der Waals surface area contributed by atoms with Crippen LogP contribution < -0.4 is 15.5 Å². The van der Waals surface area contributed by atoms with Gasteiger partial charge in [0, 0.05) is 23.2 Å². The van der Waals surface area contributed by atoms with Gasteiger partial charge in [0.1, 0.15) is 5.70 Å². The van der Waals surface area contributed by atoms with Crippen LogP contribution in [-0.2, 0) is 14.4 Å². The molecule has 0 saturated carbocycles. The summed E-state index contributed by atoms with van der Waals surface area (Å²) in [4.78, 5) is 39.5. The molecule has 0 fully saturated rings. The van der Waals surface area contributed by atoms with Crippen molar-refractivity contribution in [3.05, 3.63) is 81.6 Å². The molecule has 1 aliphatic rings. The molecular weight excluding hydrogens is 422 g/mol. The highest BCUT2D eigenvalue weighted by molar-refractivity contribution is 7.11. The molecule has 4 rings (SSSR count). The Labute approximate surface area is 181 Å². The minimum Gasteiger partial charge on any atom is -0.350 e. The van der Waals surface area contributed by atoms with Crippen molar-refractivity contribution in [1.82, 2.24) is 0 Å². The Kier molecular flexibility index (Phi) is 5.39. The lowest BCUT2D eigenvalue weighted by atomic mass is 10.2. The van der Waals surface area contributed by atoms with Crippen molar-refractivity contribution in [2.75, 3.05) is 15.5 Å². The van der Waals surface area contributed by atoms with Crippen LogP contribution in [0.3, 0.4) is 0 Å². The maximum absolute atomic E-state index is 13.3. The number of rotatable bonds is 5. The van der Waals surface area contributed by atoms with E-state index >= 15 is 0 Å². The van der Waals surface area contributed by atoms with E-state index in [0.717, 1.165) is 4.90 Å². The van der Waals surface area contributed by atoms with Gasteiger partial charge in [-0.15, -0.1) is 11.3 Å². The first kappa shape index (κ1) is 19.9. The quantitative estimate of drug-likeness (QED) is 0.564. The number of benzene rings is 2. The van der Waals surface area contributed by atoms with Gasteiger partial charge in [-0.1, -0.05) is 29.8 Å². The van der Waals surface area contributed by atoms with Gasteiger partial charge in [-0.2, -0.15) is 0 Å². The second-order valence-corrected chi connectivity index (χ2v) is 7.86. The first-order chi connectivity index (χ1) is 14.5. The maximum Gasteiger partial charge on any atom is 0.282 e. The van der Waals surface area contributed by atoms with E-state index in [4.69, 9.17) is 11.6 Å². The average Bonchev–Trinajstić information content (AvgIpc) is 3.31. The lowest BCUT2D eigenvalue weighted by Gasteiger charge is -2.16. The number of amides is 3. The minimum atomic E-state index is -0.484.